The zero-order valence-corrected chi connectivity index (χ0v) is 9.89. The first-order chi connectivity index (χ1) is 7.34. The monoisotopic (exact) mass is 233 g/mol. The van der Waals surface area contributed by atoms with Gasteiger partial charge in [0.25, 0.3) is 0 Å². The molecule has 1 aliphatic heterocycles. The Balaban J connectivity index is 2.02. The molecule has 1 fully saturated rings. The molecule has 1 N–H and O–H groups in total. The van der Waals surface area contributed by atoms with Crippen LogP contribution in [0.4, 0.5) is 0 Å². The fourth-order valence-electron chi connectivity index (χ4n) is 1.71. The second kappa shape index (κ2) is 7.94. The summed E-state index contributed by atoms with van der Waals surface area (Å²) in [6, 6.07) is 0. The highest BCUT2D eigenvalue weighted by Crippen LogP contribution is 2.14. The number of amides is 1. The predicted molar refractivity (Wildman–Crippen MR) is 61.1 cm³/mol. The van der Waals surface area contributed by atoms with Gasteiger partial charge in [-0.2, -0.15) is 0 Å². The minimum atomic E-state index is 0.173. The van der Waals surface area contributed by atoms with Gasteiger partial charge >= 0.3 is 0 Å². The summed E-state index contributed by atoms with van der Waals surface area (Å²) < 4.78 is 5.21. The number of rotatable bonds is 6. The molecule has 0 atom stereocenters. The molecule has 0 spiro atoms. The Labute approximate surface area is 96.5 Å². The summed E-state index contributed by atoms with van der Waals surface area (Å²) in [5.41, 5.74) is 0. The van der Waals surface area contributed by atoms with Crippen molar-refractivity contribution >= 4 is 17.5 Å². The molecule has 15 heavy (non-hydrogen) atoms. The zero-order valence-electron chi connectivity index (χ0n) is 9.14. The molecule has 0 bridgehead atoms. The minimum Gasteiger partial charge on any atom is -0.381 e. The lowest BCUT2D eigenvalue weighted by Gasteiger charge is -2.21. The lowest BCUT2D eigenvalue weighted by molar-refractivity contribution is -0.127. The smallest absolute Gasteiger partial charge is 0.223 e. The van der Waals surface area contributed by atoms with Crippen LogP contribution in [0.2, 0.25) is 0 Å². The van der Waals surface area contributed by atoms with Gasteiger partial charge in [0.2, 0.25) is 5.91 Å². The highest BCUT2D eigenvalue weighted by molar-refractivity contribution is 6.17. The molecule has 0 unspecified atom stereocenters. The van der Waals surface area contributed by atoms with Crippen LogP contribution in [0.3, 0.4) is 0 Å². The molecule has 0 aromatic carbocycles. The molecule has 88 valence electrons. The van der Waals surface area contributed by atoms with Crippen molar-refractivity contribution in [1.29, 1.82) is 0 Å². The quantitative estimate of drug-likeness (QED) is 0.563. The molecule has 1 aliphatic rings. The van der Waals surface area contributed by atoms with Crippen LogP contribution in [-0.2, 0) is 9.53 Å². The topological polar surface area (TPSA) is 38.3 Å². The number of ether oxygens (including phenoxy) is 1. The van der Waals surface area contributed by atoms with E-state index in [-0.39, 0.29) is 11.8 Å². The number of hydrogen-bond donors (Lipinski definition) is 1. The largest absolute Gasteiger partial charge is 0.381 e. The number of halogens is 1. The van der Waals surface area contributed by atoms with E-state index in [1.165, 1.54) is 0 Å². The lowest BCUT2D eigenvalue weighted by atomic mass is 9.99. The van der Waals surface area contributed by atoms with E-state index in [4.69, 9.17) is 16.3 Å². The van der Waals surface area contributed by atoms with Gasteiger partial charge in [0.15, 0.2) is 0 Å². The molecule has 1 amide bonds. The van der Waals surface area contributed by atoms with Crippen molar-refractivity contribution < 1.29 is 9.53 Å². The van der Waals surface area contributed by atoms with Crippen LogP contribution >= 0.6 is 11.6 Å². The fourth-order valence-corrected chi connectivity index (χ4v) is 1.90. The third-order valence-electron chi connectivity index (χ3n) is 2.70. The van der Waals surface area contributed by atoms with Crippen molar-refractivity contribution in [3.05, 3.63) is 0 Å². The van der Waals surface area contributed by atoms with Crippen LogP contribution in [0.1, 0.15) is 32.1 Å². The van der Waals surface area contributed by atoms with E-state index in [1.54, 1.807) is 0 Å². The second-order valence-corrected chi connectivity index (χ2v) is 4.31. The summed E-state index contributed by atoms with van der Waals surface area (Å²) >= 11 is 5.56. The van der Waals surface area contributed by atoms with E-state index < -0.39 is 0 Å². The summed E-state index contributed by atoms with van der Waals surface area (Å²) in [7, 11) is 0. The molecular weight excluding hydrogens is 214 g/mol. The van der Waals surface area contributed by atoms with Crippen LogP contribution in [0, 0.1) is 5.92 Å². The van der Waals surface area contributed by atoms with Crippen LogP contribution in [0.25, 0.3) is 0 Å². The highest BCUT2D eigenvalue weighted by atomic mass is 35.5. The molecule has 1 heterocycles. The molecule has 1 rings (SSSR count). The van der Waals surface area contributed by atoms with Gasteiger partial charge in [-0.15, -0.1) is 11.6 Å². The van der Waals surface area contributed by atoms with Crippen molar-refractivity contribution in [3.63, 3.8) is 0 Å². The van der Waals surface area contributed by atoms with Gasteiger partial charge in [-0.1, -0.05) is 6.42 Å². The number of carbonyl (C=O) groups is 1. The maximum Gasteiger partial charge on any atom is 0.223 e. The van der Waals surface area contributed by atoms with E-state index >= 15 is 0 Å². The van der Waals surface area contributed by atoms with Gasteiger partial charge in [0.05, 0.1) is 0 Å². The van der Waals surface area contributed by atoms with Crippen LogP contribution in [0.5, 0.6) is 0 Å². The number of alkyl halides is 1. The maximum absolute atomic E-state index is 11.6. The summed E-state index contributed by atoms with van der Waals surface area (Å²) in [6.07, 6.45) is 4.90. The van der Waals surface area contributed by atoms with Gasteiger partial charge in [-0.25, -0.2) is 0 Å². The summed E-state index contributed by atoms with van der Waals surface area (Å²) in [4.78, 5) is 11.6. The average molecular weight is 234 g/mol. The van der Waals surface area contributed by atoms with Crippen molar-refractivity contribution in [2.45, 2.75) is 32.1 Å². The molecule has 3 nitrogen and oxygen atoms in total. The zero-order chi connectivity index (χ0) is 10.9. The lowest BCUT2D eigenvalue weighted by Crippen LogP contribution is -2.34. The first kappa shape index (κ1) is 12.8. The second-order valence-electron chi connectivity index (χ2n) is 3.93. The summed E-state index contributed by atoms with van der Waals surface area (Å²) in [5, 5.41) is 2.97. The summed E-state index contributed by atoms with van der Waals surface area (Å²) in [6.45, 7) is 2.24. The number of carbonyl (C=O) groups excluding carboxylic acids is 1. The van der Waals surface area contributed by atoms with Crippen molar-refractivity contribution in [3.8, 4) is 0 Å². The van der Waals surface area contributed by atoms with Crippen molar-refractivity contribution in [2.24, 2.45) is 5.92 Å². The molecule has 0 aromatic heterocycles. The molecule has 0 radical (unpaired) electrons. The van der Waals surface area contributed by atoms with Crippen LogP contribution in [0.15, 0.2) is 0 Å². The molecule has 0 saturated carbocycles. The molecule has 1 saturated heterocycles. The van der Waals surface area contributed by atoms with Crippen molar-refractivity contribution in [1.82, 2.24) is 5.32 Å². The average Bonchev–Trinajstić information content (AvgIpc) is 2.30. The third kappa shape index (κ3) is 5.38. The van der Waals surface area contributed by atoms with Crippen molar-refractivity contribution in [2.75, 3.05) is 25.6 Å². The first-order valence-electron chi connectivity index (χ1n) is 5.76. The van der Waals surface area contributed by atoms with Gasteiger partial charge in [0.1, 0.15) is 0 Å². The molecule has 0 aliphatic carbocycles. The molecular formula is C11H20ClNO2. The number of unbranched alkanes of at least 4 members (excludes halogenated alkanes) is 2. The molecule has 4 heteroatoms. The fraction of sp³-hybridized carbons (Fsp3) is 0.909. The van der Waals surface area contributed by atoms with Gasteiger partial charge in [0, 0.05) is 31.6 Å². The van der Waals surface area contributed by atoms with E-state index in [1.807, 2.05) is 0 Å². The Morgan fingerprint density at radius 1 is 1.27 bits per heavy atom. The first-order valence-corrected chi connectivity index (χ1v) is 6.29. The van der Waals surface area contributed by atoms with Crippen LogP contribution < -0.4 is 5.32 Å². The van der Waals surface area contributed by atoms with Crippen LogP contribution in [-0.4, -0.2) is 31.5 Å². The van der Waals surface area contributed by atoms with Gasteiger partial charge < -0.3 is 10.1 Å². The SMILES string of the molecule is O=C(NCCCCCCl)C1CCOCC1. The van der Waals surface area contributed by atoms with E-state index in [0.717, 1.165) is 51.9 Å². The summed E-state index contributed by atoms with van der Waals surface area (Å²) in [5.74, 6) is 1.09. The standard InChI is InChI=1S/C11H20ClNO2/c12-6-2-1-3-7-13-11(14)10-4-8-15-9-5-10/h10H,1-9H2,(H,13,14). The predicted octanol–water partition coefficient (Wildman–Crippen LogP) is 1.94. The normalized spacial score (nSPS) is 17.7. The van der Waals surface area contributed by atoms with E-state index in [2.05, 4.69) is 5.32 Å². The number of hydrogen-bond acceptors (Lipinski definition) is 2. The molecule has 0 aromatic rings. The Morgan fingerprint density at radius 2 is 2.00 bits per heavy atom. The Morgan fingerprint density at radius 3 is 2.67 bits per heavy atom. The third-order valence-corrected chi connectivity index (χ3v) is 2.97. The Kier molecular flexibility index (Phi) is 6.77. The van der Waals surface area contributed by atoms with E-state index in [9.17, 15) is 4.79 Å². The Hall–Kier alpha value is -0.280. The van der Waals surface area contributed by atoms with Gasteiger partial charge in [-0.05, 0) is 25.7 Å². The maximum atomic E-state index is 11.6. The highest BCUT2D eigenvalue weighted by Gasteiger charge is 2.20. The van der Waals surface area contributed by atoms with E-state index in [0.29, 0.717) is 5.88 Å². The Bertz CT molecular complexity index is 181. The van der Waals surface area contributed by atoms with Gasteiger partial charge in [-0.3, -0.25) is 4.79 Å². The minimum absolute atomic E-state index is 0.173. The number of nitrogens with one attached hydrogen (secondary N) is 1.